The highest BCUT2D eigenvalue weighted by Crippen LogP contribution is 2.60. The van der Waals surface area contributed by atoms with Crippen molar-refractivity contribution in [1.82, 2.24) is 5.32 Å². The van der Waals surface area contributed by atoms with Crippen molar-refractivity contribution in [2.75, 3.05) is 0 Å². The molecule has 4 aliphatic carbocycles. The van der Waals surface area contributed by atoms with E-state index in [0.717, 1.165) is 19.3 Å². The van der Waals surface area contributed by atoms with Crippen LogP contribution >= 0.6 is 0 Å². The van der Waals surface area contributed by atoms with Gasteiger partial charge in [0.25, 0.3) is 5.69 Å². The number of amides is 1. The number of nitro benzene ring substituents is 1. The fourth-order valence-corrected chi connectivity index (χ4v) is 6.14. The van der Waals surface area contributed by atoms with Crippen LogP contribution < -0.4 is 5.32 Å². The SMILES string of the molecule is CC(C)[C@@H](NC(=O)C12CC3CC(CC(C3)C1)C2)C(=O)OCc1ccc([N+](=O)[O-])cc1. The number of hydrogen-bond donors (Lipinski definition) is 1. The minimum absolute atomic E-state index is 0.00651. The van der Waals surface area contributed by atoms with Gasteiger partial charge >= 0.3 is 5.97 Å². The maximum atomic E-state index is 13.3. The van der Waals surface area contributed by atoms with Gasteiger partial charge in [0.2, 0.25) is 5.91 Å². The van der Waals surface area contributed by atoms with Gasteiger partial charge in [0, 0.05) is 17.5 Å². The van der Waals surface area contributed by atoms with Crippen LogP contribution in [-0.2, 0) is 20.9 Å². The van der Waals surface area contributed by atoms with Crippen LogP contribution in [0.4, 0.5) is 5.69 Å². The lowest BCUT2D eigenvalue weighted by Gasteiger charge is -2.55. The highest BCUT2D eigenvalue weighted by atomic mass is 16.6. The Morgan fingerprint density at radius 2 is 1.63 bits per heavy atom. The van der Waals surface area contributed by atoms with Gasteiger partial charge in [0.15, 0.2) is 0 Å². The van der Waals surface area contributed by atoms with Crippen molar-refractivity contribution in [2.24, 2.45) is 29.1 Å². The first-order valence-corrected chi connectivity index (χ1v) is 11.0. The second kappa shape index (κ2) is 8.00. The summed E-state index contributed by atoms with van der Waals surface area (Å²) in [5, 5.41) is 13.8. The molecule has 1 aromatic rings. The third kappa shape index (κ3) is 4.07. The highest BCUT2D eigenvalue weighted by Gasteiger charge is 2.55. The van der Waals surface area contributed by atoms with Crippen LogP contribution in [0, 0.1) is 39.2 Å². The first-order chi connectivity index (χ1) is 14.3. The molecule has 0 saturated heterocycles. The van der Waals surface area contributed by atoms with E-state index >= 15 is 0 Å². The summed E-state index contributed by atoms with van der Waals surface area (Å²) in [6.07, 6.45) is 6.64. The van der Waals surface area contributed by atoms with Crippen molar-refractivity contribution in [2.45, 2.75) is 65.0 Å². The van der Waals surface area contributed by atoms with E-state index in [2.05, 4.69) is 5.32 Å². The van der Waals surface area contributed by atoms with Gasteiger partial charge in [0.05, 0.1) is 4.92 Å². The normalized spacial score (nSPS) is 30.2. The molecular formula is C23H30N2O5. The van der Waals surface area contributed by atoms with Gasteiger partial charge in [-0.1, -0.05) is 13.8 Å². The summed E-state index contributed by atoms with van der Waals surface area (Å²) in [5.41, 5.74) is 0.359. The van der Waals surface area contributed by atoms with Crippen molar-refractivity contribution in [3.05, 3.63) is 39.9 Å². The van der Waals surface area contributed by atoms with E-state index in [1.165, 1.54) is 31.4 Å². The highest BCUT2D eigenvalue weighted by molar-refractivity contribution is 5.88. The zero-order valence-electron chi connectivity index (χ0n) is 17.6. The first-order valence-electron chi connectivity index (χ1n) is 11.0. The molecule has 1 N–H and O–H groups in total. The van der Waals surface area contributed by atoms with Gasteiger partial charge in [-0.2, -0.15) is 0 Å². The van der Waals surface area contributed by atoms with Gasteiger partial charge in [-0.25, -0.2) is 4.79 Å². The maximum absolute atomic E-state index is 13.3. The topological polar surface area (TPSA) is 98.5 Å². The standard InChI is InChI=1S/C23H30N2O5/c1-14(2)20(21(26)30-13-15-3-5-19(6-4-15)25(28)29)24-22(27)23-10-16-7-17(11-23)9-18(8-16)12-23/h3-6,14,16-18,20H,7-13H2,1-2H3,(H,24,27)/t16?,17?,18?,20-,23?/m1/s1. The summed E-state index contributed by atoms with van der Waals surface area (Å²) in [6, 6.07) is 5.23. The average molecular weight is 415 g/mol. The molecule has 4 saturated carbocycles. The Labute approximate surface area is 176 Å². The summed E-state index contributed by atoms with van der Waals surface area (Å²) < 4.78 is 5.45. The third-order valence-electron chi connectivity index (χ3n) is 7.26. The lowest BCUT2D eigenvalue weighted by molar-refractivity contribution is -0.384. The lowest BCUT2D eigenvalue weighted by atomic mass is 9.49. The quantitative estimate of drug-likeness (QED) is 0.413. The molecule has 0 aliphatic heterocycles. The average Bonchev–Trinajstić information content (AvgIpc) is 2.69. The molecule has 4 bridgehead atoms. The van der Waals surface area contributed by atoms with E-state index in [9.17, 15) is 19.7 Å². The number of ether oxygens (including phenoxy) is 1. The van der Waals surface area contributed by atoms with Gasteiger partial charge in [-0.15, -0.1) is 0 Å². The Bertz CT molecular complexity index is 797. The molecule has 0 unspecified atom stereocenters. The molecule has 162 valence electrons. The summed E-state index contributed by atoms with van der Waals surface area (Å²) >= 11 is 0. The van der Waals surface area contributed by atoms with Crippen LogP contribution in [0.2, 0.25) is 0 Å². The lowest BCUT2D eigenvalue weighted by Crippen LogP contribution is -2.57. The zero-order chi connectivity index (χ0) is 21.5. The molecule has 0 aromatic heterocycles. The second-order valence-corrected chi connectivity index (χ2v) is 9.92. The van der Waals surface area contributed by atoms with Gasteiger partial charge < -0.3 is 10.1 Å². The monoisotopic (exact) mass is 414 g/mol. The molecule has 4 aliphatic rings. The fourth-order valence-electron chi connectivity index (χ4n) is 6.14. The van der Waals surface area contributed by atoms with E-state index in [1.54, 1.807) is 12.1 Å². The first kappa shape index (κ1) is 20.8. The van der Waals surface area contributed by atoms with Gasteiger partial charge in [0.1, 0.15) is 12.6 Å². The number of non-ortho nitro benzene ring substituents is 1. The van der Waals surface area contributed by atoms with Crippen molar-refractivity contribution >= 4 is 17.6 Å². The molecule has 1 aromatic carbocycles. The number of nitrogens with zero attached hydrogens (tertiary/aromatic N) is 1. The van der Waals surface area contributed by atoms with Crippen molar-refractivity contribution in [3.8, 4) is 0 Å². The molecular weight excluding hydrogens is 384 g/mol. The Hall–Kier alpha value is -2.44. The largest absolute Gasteiger partial charge is 0.459 e. The van der Waals surface area contributed by atoms with E-state index < -0.39 is 16.9 Å². The molecule has 1 amide bonds. The van der Waals surface area contributed by atoms with Gasteiger partial charge in [-0.05, 0) is 79.9 Å². The Morgan fingerprint density at radius 3 is 2.10 bits per heavy atom. The predicted molar refractivity (Wildman–Crippen MR) is 110 cm³/mol. The molecule has 7 heteroatoms. The smallest absolute Gasteiger partial charge is 0.329 e. The second-order valence-electron chi connectivity index (χ2n) is 9.92. The van der Waals surface area contributed by atoms with Crippen molar-refractivity contribution in [1.29, 1.82) is 0 Å². The predicted octanol–water partition coefficient (Wildman–Crippen LogP) is 4.00. The zero-order valence-corrected chi connectivity index (χ0v) is 17.6. The third-order valence-corrected chi connectivity index (χ3v) is 7.26. The number of esters is 1. The number of rotatable bonds is 7. The van der Waals surface area contributed by atoms with E-state index in [-0.39, 0.29) is 29.5 Å². The van der Waals surface area contributed by atoms with E-state index in [4.69, 9.17) is 4.74 Å². The molecule has 0 radical (unpaired) electrons. The molecule has 30 heavy (non-hydrogen) atoms. The van der Waals surface area contributed by atoms with Crippen LogP contribution in [0.3, 0.4) is 0 Å². The maximum Gasteiger partial charge on any atom is 0.329 e. The van der Waals surface area contributed by atoms with Crippen LogP contribution in [0.5, 0.6) is 0 Å². The molecule has 7 nitrogen and oxygen atoms in total. The number of nitro groups is 1. The molecule has 4 fully saturated rings. The van der Waals surface area contributed by atoms with Crippen LogP contribution in [0.15, 0.2) is 24.3 Å². The summed E-state index contributed by atoms with van der Waals surface area (Å²) in [4.78, 5) is 36.3. The van der Waals surface area contributed by atoms with Crippen molar-refractivity contribution < 1.29 is 19.2 Å². The Balaban J connectivity index is 1.38. The molecule has 0 spiro atoms. The summed E-state index contributed by atoms with van der Waals surface area (Å²) in [5.74, 6) is 1.46. The summed E-state index contributed by atoms with van der Waals surface area (Å²) in [7, 11) is 0. The Morgan fingerprint density at radius 1 is 1.10 bits per heavy atom. The fraction of sp³-hybridized carbons (Fsp3) is 0.652. The van der Waals surface area contributed by atoms with Crippen LogP contribution in [0.1, 0.15) is 57.9 Å². The van der Waals surface area contributed by atoms with Crippen LogP contribution in [0.25, 0.3) is 0 Å². The minimum atomic E-state index is -0.691. The van der Waals surface area contributed by atoms with Crippen LogP contribution in [-0.4, -0.2) is 22.8 Å². The number of carbonyl (C=O) groups excluding carboxylic acids is 2. The Kier molecular flexibility index (Phi) is 5.55. The number of benzene rings is 1. The summed E-state index contributed by atoms with van der Waals surface area (Å²) in [6.45, 7) is 3.82. The minimum Gasteiger partial charge on any atom is -0.459 e. The van der Waals surface area contributed by atoms with Gasteiger partial charge in [-0.3, -0.25) is 14.9 Å². The van der Waals surface area contributed by atoms with Crippen molar-refractivity contribution in [3.63, 3.8) is 0 Å². The number of nitrogens with one attached hydrogen (secondary N) is 1. The van der Waals surface area contributed by atoms with E-state index in [1.807, 2.05) is 13.8 Å². The molecule has 1 atom stereocenters. The molecule has 0 heterocycles. The number of hydrogen-bond acceptors (Lipinski definition) is 5. The van der Waals surface area contributed by atoms with E-state index in [0.29, 0.717) is 23.3 Å². The number of carbonyl (C=O) groups is 2. The molecule has 5 rings (SSSR count).